The van der Waals surface area contributed by atoms with Gasteiger partial charge >= 0.3 is 0 Å². The van der Waals surface area contributed by atoms with Crippen LogP contribution in [0, 0.1) is 13.8 Å². The molecule has 5 nitrogen and oxygen atoms in total. The van der Waals surface area contributed by atoms with Crippen molar-refractivity contribution in [3.8, 4) is 16.3 Å². The highest BCUT2D eigenvalue weighted by Gasteiger charge is 2.12. The van der Waals surface area contributed by atoms with Crippen molar-refractivity contribution in [1.29, 1.82) is 0 Å². The molecule has 0 radical (unpaired) electrons. The molecule has 0 aliphatic carbocycles. The third-order valence-corrected chi connectivity index (χ3v) is 6.87. The summed E-state index contributed by atoms with van der Waals surface area (Å²) in [6, 6.07) is 14.2. The van der Waals surface area contributed by atoms with Gasteiger partial charge in [0, 0.05) is 23.7 Å². The van der Waals surface area contributed by atoms with E-state index >= 15 is 0 Å². The second-order valence-electron chi connectivity index (χ2n) is 6.98. The summed E-state index contributed by atoms with van der Waals surface area (Å²) < 4.78 is 7.79. The predicted octanol–water partition coefficient (Wildman–Crippen LogP) is 6.08. The van der Waals surface area contributed by atoms with E-state index in [2.05, 4.69) is 46.8 Å². The molecule has 0 saturated heterocycles. The van der Waals surface area contributed by atoms with Crippen molar-refractivity contribution in [3.63, 3.8) is 0 Å². The Morgan fingerprint density at radius 2 is 1.83 bits per heavy atom. The maximum Gasteiger partial charge on any atom is 0.191 e. The van der Waals surface area contributed by atoms with E-state index in [-0.39, 0.29) is 0 Å². The van der Waals surface area contributed by atoms with Gasteiger partial charge < -0.3 is 9.30 Å². The average molecular weight is 457 g/mol. The maximum atomic E-state index is 6.20. The van der Waals surface area contributed by atoms with Gasteiger partial charge in [0.2, 0.25) is 0 Å². The molecule has 0 atom stereocenters. The maximum absolute atomic E-state index is 6.20. The lowest BCUT2D eigenvalue weighted by molar-refractivity contribution is 0.290. The van der Waals surface area contributed by atoms with E-state index in [0.29, 0.717) is 17.4 Å². The van der Waals surface area contributed by atoms with Crippen LogP contribution in [0.1, 0.15) is 22.6 Å². The molecule has 0 spiro atoms. The zero-order chi connectivity index (χ0) is 21.1. The van der Waals surface area contributed by atoms with E-state index < -0.39 is 0 Å². The molecule has 0 unspecified atom stereocenters. The highest BCUT2D eigenvalue weighted by atomic mass is 35.5. The van der Waals surface area contributed by atoms with Crippen LogP contribution in [0.25, 0.3) is 10.6 Å². The summed E-state index contributed by atoms with van der Waals surface area (Å²) in [7, 11) is 1.94. The Hall–Kier alpha value is -2.35. The number of nitrogens with zero attached hydrogens (tertiary/aromatic N) is 4. The number of rotatable bonds is 7. The molecule has 0 bridgehead atoms. The normalized spacial score (nSPS) is 11.1. The van der Waals surface area contributed by atoms with Gasteiger partial charge in [-0.15, -0.1) is 21.5 Å². The Morgan fingerprint density at radius 3 is 2.63 bits per heavy atom. The molecule has 2 heterocycles. The molecular weight excluding hydrogens is 436 g/mol. The SMILES string of the molecule is Cc1ccc(-c2nc(CSc3nnc(COc4cc(C)ccc4Cl)n3C)cs2)cc1. The number of ether oxygens (including phenoxy) is 1. The topological polar surface area (TPSA) is 52.8 Å². The fourth-order valence-corrected chi connectivity index (χ4v) is 4.73. The van der Waals surface area contributed by atoms with Gasteiger partial charge in [-0.1, -0.05) is 59.3 Å². The van der Waals surface area contributed by atoms with Crippen LogP contribution in [0.5, 0.6) is 5.75 Å². The first-order chi connectivity index (χ1) is 14.5. The van der Waals surface area contributed by atoms with Gasteiger partial charge in [0.05, 0.1) is 10.7 Å². The molecule has 30 heavy (non-hydrogen) atoms. The molecule has 8 heteroatoms. The minimum absolute atomic E-state index is 0.307. The van der Waals surface area contributed by atoms with Crippen LogP contribution in [0.3, 0.4) is 0 Å². The summed E-state index contributed by atoms with van der Waals surface area (Å²) in [5.74, 6) is 2.13. The largest absolute Gasteiger partial charge is 0.484 e. The Morgan fingerprint density at radius 1 is 1.07 bits per heavy atom. The Kier molecular flexibility index (Phi) is 6.41. The molecule has 0 saturated carbocycles. The first-order valence-corrected chi connectivity index (χ1v) is 11.7. The summed E-state index contributed by atoms with van der Waals surface area (Å²) in [5, 5.41) is 13.1. The Bertz CT molecular complexity index is 1150. The van der Waals surface area contributed by atoms with Gasteiger partial charge in [0.1, 0.15) is 17.4 Å². The van der Waals surface area contributed by atoms with Crippen LogP contribution in [0.4, 0.5) is 0 Å². The fourth-order valence-electron chi connectivity index (χ4n) is 2.80. The molecule has 4 aromatic rings. The van der Waals surface area contributed by atoms with Crippen molar-refractivity contribution in [3.05, 3.63) is 75.5 Å². The molecule has 0 aliphatic rings. The van der Waals surface area contributed by atoms with Crippen molar-refractivity contribution in [1.82, 2.24) is 19.7 Å². The molecule has 0 N–H and O–H groups in total. The average Bonchev–Trinajstić information content (AvgIpc) is 3.34. The Balaban J connectivity index is 1.37. The summed E-state index contributed by atoms with van der Waals surface area (Å²) in [4.78, 5) is 4.76. The number of aromatic nitrogens is 4. The molecule has 0 amide bonds. The van der Waals surface area contributed by atoms with Crippen molar-refractivity contribution in [2.45, 2.75) is 31.4 Å². The van der Waals surface area contributed by atoms with Crippen LogP contribution < -0.4 is 4.74 Å². The number of aryl methyl sites for hydroxylation is 2. The summed E-state index contributed by atoms with van der Waals surface area (Å²) in [6.45, 7) is 4.40. The number of benzene rings is 2. The predicted molar refractivity (Wildman–Crippen MR) is 123 cm³/mol. The Labute approximate surface area is 189 Å². The van der Waals surface area contributed by atoms with E-state index in [9.17, 15) is 0 Å². The highest BCUT2D eigenvalue weighted by Crippen LogP contribution is 2.29. The molecule has 4 rings (SSSR count). The monoisotopic (exact) mass is 456 g/mol. The van der Waals surface area contributed by atoms with Gasteiger partial charge in [-0.2, -0.15) is 0 Å². The number of hydrogen-bond acceptors (Lipinski definition) is 6. The molecule has 0 aliphatic heterocycles. The number of halogens is 1. The van der Waals surface area contributed by atoms with Crippen molar-refractivity contribution in [2.24, 2.45) is 7.05 Å². The molecule has 0 fully saturated rings. The zero-order valence-corrected chi connectivity index (χ0v) is 19.3. The van der Waals surface area contributed by atoms with Gasteiger partial charge in [-0.25, -0.2) is 4.98 Å². The first kappa shape index (κ1) is 20.9. The molecule has 2 aromatic heterocycles. The minimum atomic E-state index is 0.307. The van der Waals surface area contributed by atoms with E-state index in [1.807, 2.05) is 36.7 Å². The van der Waals surface area contributed by atoms with Crippen LogP contribution in [-0.4, -0.2) is 19.7 Å². The molecule has 154 valence electrons. The van der Waals surface area contributed by atoms with E-state index in [4.69, 9.17) is 21.3 Å². The van der Waals surface area contributed by atoms with Crippen molar-refractivity contribution < 1.29 is 4.74 Å². The summed E-state index contributed by atoms with van der Waals surface area (Å²) >= 11 is 9.47. The van der Waals surface area contributed by atoms with Gasteiger partial charge in [0.25, 0.3) is 0 Å². The van der Waals surface area contributed by atoms with Crippen LogP contribution in [0.2, 0.25) is 5.02 Å². The molecule has 2 aromatic carbocycles. The van der Waals surface area contributed by atoms with Crippen LogP contribution in [0.15, 0.2) is 53.0 Å². The lowest BCUT2D eigenvalue weighted by atomic mass is 10.2. The standard InChI is InChI=1S/C22H21ClN4OS2/c1-14-4-7-16(8-5-14)21-24-17(12-29-21)13-30-22-26-25-20(27(22)3)11-28-19-10-15(2)6-9-18(19)23/h4-10,12H,11,13H2,1-3H3. The number of thiazole rings is 1. The van der Waals surface area contributed by atoms with Crippen LogP contribution in [-0.2, 0) is 19.4 Å². The van der Waals surface area contributed by atoms with Crippen LogP contribution >= 0.6 is 34.7 Å². The minimum Gasteiger partial charge on any atom is -0.484 e. The second-order valence-corrected chi connectivity index (χ2v) is 9.19. The third-order valence-electron chi connectivity index (χ3n) is 4.57. The van der Waals surface area contributed by atoms with Gasteiger partial charge in [0.15, 0.2) is 11.0 Å². The number of hydrogen-bond donors (Lipinski definition) is 0. The number of thioether (sulfide) groups is 1. The summed E-state index contributed by atoms with van der Waals surface area (Å²) in [5.41, 5.74) is 4.53. The van der Waals surface area contributed by atoms with E-state index in [1.165, 1.54) is 5.56 Å². The quantitative estimate of drug-likeness (QED) is 0.315. The van der Waals surface area contributed by atoms with Gasteiger partial charge in [-0.3, -0.25) is 0 Å². The third kappa shape index (κ3) is 4.86. The fraction of sp³-hybridized carbons (Fsp3) is 0.227. The highest BCUT2D eigenvalue weighted by molar-refractivity contribution is 7.98. The second kappa shape index (κ2) is 9.20. The summed E-state index contributed by atoms with van der Waals surface area (Å²) in [6.07, 6.45) is 0. The first-order valence-electron chi connectivity index (χ1n) is 9.41. The van der Waals surface area contributed by atoms with E-state index in [1.54, 1.807) is 23.1 Å². The smallest absolute Gasteiger partial charge is 0.191 e. The lowest BCUT2D eigenvalue weighted by Crippen LogP contribution is -2.04. The van der Waals surface area contributed by atoms with Crippen molar-refractivity contribution in [2.75, 3.05) is 0 Å². The molecular formula is C22H21ClN4OS2. The lowest BCUT2D eigenvalue weighted by Gasteiger charge is -2.08. The van der Waals surface area contributed by atoms with Crippen molar-refractivity contribution >= 4 is 34.7 Å². The zero-order valence-electron chi connectivity index (χ0n) is 16.9. The van der Waals surface area contributed by atoms with E-state index in [0.717, 1.165) is 38.6 Å². The van der Waals surface area contributed by atoms with Gasteiger partial charge in [-0.05, 0) is 31.5 Å².